The van der Waals surface area contributed by atoms with Crippen molar-refractivity contribution in [3.8, 4) is 23.3 Å². The fourth-order valence-electron chi connectivity index (χ4n) is 9.80. The van der Waals surface area contributed by atoms with Crippen molar-refractivity contribution in [1.29, 1.82) is 0 Å². The lowest BCUT2D eigenvalue weighted by Crippen LogP contribution is -2.54. The molecule has 1 unspecified atom stereocenters. The van der Waals surface area contributed by atoms with E-state index in [1.807, 2.05) is 95.9 Å². The predicted molar refractivity (Wildman–Crippen MR) is 241 cm³/mol. The number of hydrogen-bond acceptors (Lipinski definition) is 9. The molecule has 3 N–H and O–H groups in total. The summed E-state index contributed by atoms with van der Waals surface area (Å²) in [7, 11) is 1.57. The number of anilines is 1. The Morgan fingerprint density at radius 2 is 1.38 bits per heavy atom. The van der Waals surface area contributed by atoms with Crippen LogP contribution in [0.4, 0.5) is 10.5 Å². The van der Waals surface area contributed by atoms with Crippen LogP contribution in [0.25, 0.3) is 0 Å². The number of aliphatic hydroxyl groups is 1. The number of cyclic esters (lactones) is 1. The Morgan fingerprint density at radius 3 is 2.05 bits per heavy atom. The Bertz CT molecular complexity index is 2810. The lowest BCUT2D eigenvalue weighted by Gasteiger charge is -2.46. The molecule has 0 aromatic heterocycles. The number of morpholine rings is 1. The molecule has 1 spiro atoms. The summed E-state index contributed by atoms with van der Waals surface area (Å²) in [6.45, 7) is 1.48. The number of benzene rings is 6. The minimum atomic E-state index is -2.16. The fraction of sp³-hybridized carbons (Fsp3) is 0.208. The van der Waals surface area contributed by atoms with Crippen LogP contribution in [-0.2, 0) is 24.5 Å². The maximum Gasteiger partial charge on any atom is 0.329 e. The van der Waals surface area contributed by atoms with E-state index >= 15 is 4.79 Å². The number of rotatable bonds is 10. The number of aliphatic carboxylic acids is 1. The molecule has 326 valence electrons. The Kier molecular flexibility index (Phi) is 11.7. The van der Waals surface area contributed by atoms with Crippen LogP contribution in [0.1, 0.15) is 70.1 Å². The molecule has 6 aromatic rings. The average Bonchev–Trinajstić information content (AvgIpc) is 3.80. The third-order valence-corrected chi connectivity index (χ3v) is 12.5. The summed E-state index contributed by atoms with van der Waals surface area (Å²) >= 11 is 0. The number of methoxy groups -OCH3 is 1. The second-order valence-electron chi connectivity index (χ2n) is 16.2. The fourth-order valence-corrected chi connectivity index (χ4v) is 9.80. The largest absolute Gasteiger partial charge is 0.497 e. The van der Waals surface area contributed by atoms with E-state index in [-0.39, 0.29) is 24.5 Å². The van der Waals surface area contributed by atoms with Gasteiger partial charge in [-0.1, -0.05) is 115 Å². The number of carboxylic acids is 1. The third kappa shape index (κ3) is 7.54. The number of ether oxygens (including phenoxy) is 3. The van der Waals surface area contributed by atoms with E-state index < -0.39 is 65.5 Å². The molecular weight excluding hydrogens is 823 g/mol. The van der Waals surface area contributed by atoms with E-state index in [1.165, 1.54) is 0 Å². The summed E-state index contributed by atoms with van der Waals surface area (Å²) in [4.78, 5) is 63.2. The first-order valence-corrected chi connectivity index (χ1v) is 21.3. The van der Waals surface area contributed by atoms with Crippen LogP contribution in [0.3, 0.4) is 0 Å². The molecule has 6 aromatic carbocycles. The number of aliphatic hydroxyl groups excluding tert-OH is 1. The summed E-state index contributed by atoms with van der Waals surface area (Å²) in [5, 5.41) is 24.4. The minimum absolute atomic E-state index is 0.0378. The molecule has 3 aliphatic heterocycles. The molecular formula is C53H45N3O9. The van der Waals surface area contributed by atoms with Crippen LogP contribution >= 0.6 is 0 Å². The van der Waals surface area contributed by atoms with E-state index in [9.17, 15) is 24.6 Å². The second-order valence-corrected chi connectivity index (χ2v) is 16.2. The Morgan fingerprint density at radius 1 is 0.754 bits per heavy atom. The molecule has 7 atom stereocenters. The van der Waals surface area contributed by atoms with E-state index in [0.717, 1.165) is 10.5 Å². The van der Waals surface area contributed by atoms with Gasteiger partial charge in [-0.15, -0.1) is 0 Å². The van der Waals surface area contributed by atoms with Gasteiger partial charge in [-0.25, -0.2) is 9.69 Å². The van der Waals surface area contributed by atoms with Crippen molar-refractivity contribution in [3.63, 3.8) is 0 Å². The number of nitrogens with zero attached hydrogens (tertiary/aromatic N) is 2. The van der Waals surface area contributed by atoms with Gasteiger partial charge >= 0.3 is 18.0 Å². The summed E-state index contributed by atoms with van der Waals surface area (Å²) in [6, 6.07) is 41.9. The number of esters is 1. The molecule has 12 heteroatoms. The van der Waals surface area contributed by atoms with Crippen molar-refractivity contribution < 1.29 is 43.6 Å². The van der Waals surface area contributed by atoms with E-state index in [4.69, 9.17) is 14.2 Å². The number of amides is 3. The minimum Gasteiger partial charge on any atom is -0.497 e. The normalized spacial score (nSPS) is 22.5. The van der Waals surface area contributed by atoms with Crippen molar-refractivity contribution in [2.75, 3.05) is 25.2 Å². The summed E-state index contributed by atoms with van der Waals surface area (Å²) in [5.41, 5.74) is 1.88. The molecule has 9 rings (SSSR count). The van der Waals surface area contributed by atoms with E-state index in [1.54, 1.807) is 80.8 Å². The number of urea groups is 1. The van der Waals surface area contributed by atoms with Gasteiger partial charge in [-0.05, 0) is 89.3 Å². The molecule has 3 heterocycles. The monoisotopic (exact) mass is 867 g/mol. The topological polar surface area (TPSA) is 155 Å². The van der Waals surface area contributed by atoms with Crippen molar-refractivity contribution in [2.45, 2.75) is 42.6 Å². The average molecular weight is 868 g/mol. The summed E-state index contributed by atoms with van der Waals surface area (Å²) < 4.78 is 17.6. The smallest absolute Gasteiger partial charge is 0.329 e. The molecule has 0 radical (unpaired) electrons. The van der Waals surface area contributed by atoms with Gasteiger partial charge in [0.25, 0.3) is 0 Å². The van der Waals surface area contributed by atoms with Crippen molar-refractivity contribution in [3.05, 3.63) is 197 Å². The molecule has 3 amide bonds. The number of fused-ring (bicyclic) bond motifs is 3. The zero-order valence-electron chi connectivity index (χ0n) is 35.5. The SMILES string of the molecule is COc1ccc(C#Cc2ccc3c(c2)[C@]2(C(=O)N3C(=O)N[C@@H](C)c3ccccc3)[C@H](C(=O)O)C3C(=O)O[C@H](c4ccccc4)[C@H](c4ccccc4)N3[C@@H]2c2cccc(OCCO)c2)cc1. The predicted octanol–water partition coefficient (Wildman–Crippen LogP) is 7.69. The van der Waals surface area contributed by atoms with Crippen LogP contribution in [-0.4, -0.2) is 65.4 Å². The first kappa shape index (κ1) is 42.6. The first-order chi connectivity index (χ1) is 31.6. The molecule has 3 aliphatic rings. The van der Waals surface area contributed by atoms with E-state index in [0.29, 0.717) is 39.3 Å². The second kappa shape index (κ2) is 17.8. The summed E-state index contributed by atoms with van der Waals surface area (Å²) in [5.74, 6) is 2.45. The highest BCUT2D eigenvalue weighted by atomic mass is 16.6. The highest BCUT2D eigenvalue weighted by Crippen LogP contribution is 2.66. The van der Waals surface area contributed by atoms with Crippen LogP contribution in [0.2, 0.25) is 0 Å². The Hall–Kier alpha value is -7.72. The van der Waals surface area contributed by atoms with Crippen LogP contribution in [0.5, 0.6) is 11.5 Å². The van der Waals surface area contributed by atoms with Crippen LogP contribution in [0.15, 0.2) is 158 Å². The molecule has 12 nitrogen and oxygen atoms in total. The molecule has 0 bridgehead atoms. The summed E-state index contributed by atoms with van der Waals surface area (Å²) in [6.07, 6.45) is -0.952. The molecule has 2 saturated heterocycles. The van der Waals surface area contributed by atoms with Gasteiger partial charge in [0.2, 0.25) is 5.91 Å². The number of imide groups is 1. The lowest BCUT2D eigenvalue weighted by molar-refractivity contribution is -0.179. The van der Waals surface area contributed by atoms with Crippen molar-refractivity contribution in [2.24, 2.45) is 5.92 Å². The van der Waals surface area contributed by atoms with Gasteiger partial charge in [-0.2, -0.15) is 0 Å². The van der Waals surface area contributed by atoms with Gasteiger partial charge < -0.3 is 29.7 Å². The highest BCUT2D eigenvalue weighted by Gasteiger charge is 2.76. The number of carboxylic acid groups (broad SMARTS) is 1. The Labute approximate surface area is 376 Å². The Balaban J connectivity index is 1.32. The zero-order valence-corrected chi connectivity index (χ0v) is 35.5. The first-order valence-electron chi connectivity index (χ1n) is 21.3. The number of carbonyl (C=O) groups excluding carboxylic acids is 3. The van der Waals surface area contributed by atoms with Gasteiger partial charge in [0.05, 0.1) is 37.5 Å². The van der Waals surface area contributed by atoms with Gasteiger partial charge in [-0.3, -0.25) is 19.3 Å². The lowest BCUT2D eigenvalue weighted by atomic mass is 9.65. The van der Waals surface area contributed by atoms with Crippen LogP contribution in [0, 0.1) is 17.8 Å². The molecule has 0 saturated carbocycles. The van der Waals surface area contributed by atoms with Gasteiger partial charge in [0, 0.05) is 11.1 Å². The quantitative estimate of drug-likeness (QED) is 0.0923. The standard InChI is InChI=1S/C53H45N3O9/c1-33(36-13-6-3-7-14-36)54-52(62)55-43-28-25-35(22-21-34-23-26-40(63-2)27-24-34)31-42(43)53(51(55)61)44(49(58)59)46-50(60)65-47(38-17-10-5-11-18-38)45(37-15-8-4-9-16-37)56(46)48(53)39-19-12-20-41(32-39)64-30-29-57/h3-20,23-28,31-33,44-48,57H,29-30H2,1-2H3,(H,54,62)(H,58,59)/t33-,44-,45-,46?,47+,48+,53-/m0/s1. The zero-order chi connectivity index (χ0) is 45.2. The van der Waals surface area contributed by atoms with E-state index in [2.05, 4.69) is 17.2 Å². The third-order valence-electron chi connectivity index (χ3n) is 12.5. The molecule has 0 aliphatic carbocycles. The number of nitrogens with one attached hydrogen (secondary N) is 1. The molecule has 2 fully saturated rings. The van der Waals surface area contributed by atoms with Crippen molar-refractivity contribution in [1.82, 2.24) is 10.2 Å². The van der Waals surface area contributed by atoms with Gasteiger partial charge in [0.15, 0.2) is 0 Å². The maximum absolute atomic E-state index is 16.2. The van der Waals surface area contributed by atoms with Crippen LogP contribution < -0.4 is 19.7 Å². The molecule has 65 heavy (non-hydrogen) atoms. The van der Waals surface area contributed by atoms with Crippen molar-refractivity contribution >= 4 is 29.6 Å². The maximum atomic E-state index is 16.2. The number of hydrogen-bond donors (Lipinski definition) is 3. The highest BCUT2D eigenvalue weighted by molar-refractivity contribution is 6.24. The van der Waals surface area contributed by atoms with Gasteiger partial charge in [0.1, 0.15) is 41.6 Å². The number of carbonyl (C=O) groups is 4.